The summed E-state index contributed by atoms with van der Waals surface area (Å²) in [6.45, 7) is 5.00. The smallest absolute Gasteiger partial charge is 0.305 e. The molecule has 0 aromatic heterocycles. The summed E-state index contributed by atoms with van der Waals surface area (Å²) < 4.78 is 5.44. The molecule has 0 aliphatic carbocycles. The van der Waals surface area contributed by atoms with Gasteiger partial charge in [-0.3, -0.25) is 4.79 Å². The quantitative estimate of drug-likeness (QED) is 0.168. The van der Waals surface area contributed by atoms with E-state index >= 15 is 0 Å². The number of esters is 1. The number of hydrogen-bond donors (Lipinski definition) is 0. The van der Waals surface area contributed by atoms with Crippen molar-refractivity contribution < 1.29 is 9.53 Å². The molecular formula is C27H43NO2. The van der Waals surface area contributed by atoms with Gasteiger partial charge in [-0.2, -0.15) is 0 Å². The molecular weight excluding hydrogens is 370 g/mol. The van der Waals surface area contributed by atoms with Crippen molar-refractivity contribution in [3.05, 3.63) is 60.8 Å². The fraction of sp³-hybridized carbons (Fsp3) is 0.593. The van der Waals surface area contributed by atoms with Crippen molar-refractivity contribution >= 4 is 5.97 Å². The SMILES string of the molecule is CCC=CCC=CCC=CCC=CCC=CCCCC(=O)OCC1CCN(C)CC1. The molecule has 0 amide bonds. The Morgan fingerprint density at radius 2 is 1.33 bits per heavy atom. The molecule has 0 bridgehead atoms. The number of hydrogen-bond acceptors (Lipinski definition) is 3. The predicted octanol–water partition coefficient (Wildman–Crippen LogP) is 6.79. The number of carbonyl (C=O) groups is 1. The molecule has 1 saturated heterocycles. The number of nitrogens with zero attached hydrogens (tertiary/aromatic N) is 1. The zero-order valence-electron chi connectivity index (χ0n) is 19.3. The van der Waals surface area contributed by atoms with E-state index in [4.69, 9.17) is 4.74 Å². The number of likely N-dealkylation sites (tertiary alicyclic amines) is 1. The molecule has 3 nitrogen and oxygen atoms in total. The highest BCUT2D eigenvalue weighted by Gasteiger charge is 2.17. The summed E-state index contributed by atoms with van der Waals surface area (Å²) in [5.74, 6) is 0.511. The van der Waals surface area contributed by atoms with Gasteiger partial charge in [0, 0.05) is 6.42 Å². The minimum Gasteiger partial charge on any atom is -0.465 e. The van der Waals surface area contributed by atoms with Gasteiger partial charge in [0.2, 0.25) is 0 Å². The monoisotopic (exact) mass is 413 g/mol. The van der Waals surface area contributed by atoms with E-state index in [1.807, 2.05) is 0 Å². The van der Waals surface area contributed by atoms with Crippen LogP contribution in [-0.2, 0) is 9.53 Å². The normalized spacial score (nSPS) is 16.9. The molecule has 3 heteroatoms. The summed E-state index contributed by atoms with van der Waals surface area (Å²) >= 11 is 0. The van der Waals surface area contributed by atoms with E-state index in [2.05, 4.69) is 79.6 Å². The molecule has 1 heterocycles. The highest BCUT2D eigenvalue weighted by molar-refractivity contribution is 5.69. The Hall–Kier alpha value is -1.87. The molecule has 0 unspecified atom stereocenters. The number of rotatable bonds is 15. The molecule has 168 valence electrons. The van der Waals surface area contributed by atoms with Crippen LogP contribution in [0.4, 0.5) is 0 Å². The van der Waals surface area contributed by atoms with Gasteiger partial charge in [0.25, 0.3) is 0 Å². The van der Waals surface area contributed by atoms with Crippen molar-refractivity contribution in [1.82, 2.24) is 4.90 Å². The highest BCUT2D eigenvalue weighted by atomic mass is 16.5. The van der Waals surface area contributed by atoms with E-state index in [1.165, 1.54) is 0 Å². The van der Waals surface area contributed by atoms with Crippen molar-refractivity contribution in [1.29, 1.82) is 0 Å². The third-order valence-corrected chi connectivity index (χ3v) is 5.23. The first-order chi connectivity index (χ1) is 14.7. The average Bonchev–Trinajstić information content (AvgIpc) is 2.75. The van der Waals surface area contributed by atoms with Crippen molar-refractivity contribution in [3.8, 4) is 0 Å². The lowest BCUT2D eigenvalue weighted by Gasteiger charge is -2.28. The first-order valence-corrected chi connectivity index (χ1v) is 11.8. The van der Waals surface area contributed by atoms with Gasteiger partial charge in [-0.1, -0.05) is 67.7 Å². The van der Waals surface area contributed by atoms with Crippen molar-refractivity contribution in [2.24, 2.45) is 5.92 Å². The number of allylic oxidation sites excluding steroid dienone is 10. The Morgan fingerprint density at radius 1 is 0.833 bits per heavy atom. The van der Waals surface area contributed by atoms with Crippen LogP contribution in [0.2, 0.25) is 0 Å². The van der Waals surface area contributed by atoms with E-state index in [9.17, 15) is 4.79 Å². The standard InChI is InChI=1S/C27H43NO2/c1-3-4-5-6-7-8-9-10-11-12-13-14-15-16-17-18-19-20-27(29)30-25-26-21-23-28(2)24-22-26/h4-5,7-8,10-11,13-14,16-17,26H,3,6,9,12,15,18-25H2,1-2H3. The molecule has 30 heavy (non-hydrogen) atoms. The summed E-state index contributed by atoms with van der Waals surface area (Å²) in [5, 5.41) is 0. The van der Waals surface area contributed by atoms with Crippen LogP contribution >= 0.6 is 0 Å². The molecule has 1 aliphatic heterocycles. The maximum atomic E-state index is 11.8. The molecule has 1 aliphatic rings. The summed E-state index contributed by atoms with van der Waals surface area (Å²) in [7, 11) is 2.15. The Kier molecular flexibility index (Phi) is 16.7. The maximum absolute atomic E-state index is 11.8. The van der Waals surface area contributed by atoms with Crippen molar-refractivity contribution in [2.45, 2.75) is 71.1 Å². The Bertz CT molecular complexity index is 563. The summed E-state index contributed by atoms with van der Waals surface area (Å²) in [5.41, 5.74) is 0. The van der Waals surface area contributed by atoms with Crippen LogP contribution in [0, 0.1) is 5.92 Å². The average molecular weight is 414 g/mol. The fourth-order valence-corrected chi connectivity index (χ4v) is 3.24. The number of unbranched alkanes of at least 4 members (excludes halogenated alkanes) is 1. The molecule has 0 N–H and O–H groups in total. The fourth-order valence-electron chi connectivity index (χ4n) is 3.24. The van der Waals surface area contributed by atoms with Crippen LogP contribution < -0.4 is 0 Å². The molecule has 0 spiro atoms. The Morgan fingerprint density at radius 3 is 1.87 bits per heavy atom. The molecule has 0 atom stereocenters. The van der Waals surface area contributed by atoms with Crippen LogP contribution in [0.3, 0.4) is 0 Å². The molecule has 0 aromatic carbocycles. The van der Waals surface area contributed by atoms with Gasteiger partial charge in [0.15, 0.2) is 0 Å². The lowest BCUT2D eigenvalue weighted by molar-refractivity contribution is -0.145. The van der Waals surface area contributed by atoms with Crippen LogP contribution in [0.1, 0.15) is 71.1 Å². The minimum atomic E-state index is -0.0405. The molecule has 0 aromatic rings. The van der Waals surface area contributed by atoms with Gasteiger partial charge in [-0.15, -0.1) is 0 Å². The Labute approximate surface area is 185 Å². The van der Waals surface area contributed by atoms with E-state index in [-0.39, 0.29) is 5.97 Å². The van der Waals surface area contributed by atoms with E-state index in [1.54, 1.807) is 0 Å². The first kappa shape index (κ1) is 26.2. The van der Waals surface area contributed by atoms with Gasteiger partial charge in [-0.25, -0.2) is 0 Å². The van der Waals surface area contributed by atoms with Crippen LogP contribution in [-0.4, -0.2) is 37.6 Å². The molecule has 1 rings (SSSR count). The zero-order chi connectivity index (χ0) is 21.7. The Balaban J connectivity index is 1.92. The second-order valence-electron chi connectivity index (χ2n) is 8.03. The van der Waals surface area contributed by atoms with Crippen molar-refractivity contribution in [3.63, 3.8) is 0 Å². The lowest BCUT2D eigenvalue weighted by Crippen LogP contribution is -2.32. The van der Waals surface area contributed by atoms with E-state index < -0.39 is 0 Å². The van der Waals surface area contributed by atoms with Crippen LogP contribution in [0.15, 0.2) is 60.8 Å². The van der Waals surface area contributed by atoms with Crippen molar-refractivity contribution in [2.75, 3.05) is 26.7 Å². The zero-order valence-corrected chi connectivity index (χ0v) is 19.3. The van der Waals surface area contributed by atoms with E-state index in [0.29, 0.717) is 18.9 Å². The van der Waals surface area contributed by atoms with Crippen LogP contribution in [0.5, 0.6) is 0 Å². The van der Waals surface area contributed by atoms with Gasteiger partial charge in [-0.05, 0) is 83.8 Å². The molecule has 0 radical (unpaired) electrons. The van der Waals surface area contributed by atoms with E-state index in [0.717, 1.165) is 70.9 Å². The minimum absolute atomic E-state index is 0.0405. The summed E-state index contributed by atoms with van der Waals surface area (Å²) in [6, 6.07) is 0. The topological polar surface area (TPSA) is 29.5 Å². The van der Waals surface area contributed by atoms with Gasteiger partial charge in [0.1, 0.15) is 0 Å². The molecule has 0 saturated carbocycles. The second-order valence-corrected chi connectivity index (χ2v) is 8.03. The third kappa shape index (κ3) is 16.0. The third-order valence-electron chi connectivity index (χ3n) is 5.23. The largest absolute Gasteiger partial charge is 0.465 e. The first-order valence-electron chi connectivity index (χ1n) is 11.8. The second kappa shape index (κ2) is 19.1. The summed E-state index contributed by atoms with van der Waals surface area (Å²) in [6.07, 6.45) is 31.7. The maximum Gasteiger partial charge on any atom is 0.305 e. The number of piperidine rings is 1. The number of ether oxygens (including phenoxy) is 1. The van der Waals surface area contributed by atoms with Gasteiger partial charge < -0.3 is 9.64 Å². The molecule has 1 fully saturated rings. The summed E-state index contributed by atoms with van der Waals surface area (Å²) in [4.78, 5) is 14.2. The lowest BCUT2D eigenvalue weighted by atomic mass is 9.98. The number of carbonyl (C=O) groups excluding carboxylic acids is 1. The van der Waals surface area contributed by atoms with Gasteiger partial charge in [0.05, 0.1) is 6.61 Å². The van der Waals surface area contributed by atoms with Crippen LogP contribution in [0.25, 0.3) is 0 Å². The predicted molar refractivity (Wildman–Crippen MR) is 129 cm³/mol. The van der Waals surface area contributed by atoms with Gasteiger partial charge >= 0.3 is 5.97 Å². The highest BCUT2D eigenvalue weighted by Crippen LogP contribution is 2.16.